The van der Waals surface area contributed by atoms with Crippen LogP contribution in [0.1, 0.15) is 31.2 Å². The van der Waals surface area contributed by atoms with Crippen LogP contribution in [0.2, 0.25) is 5.15 Å². The maximum absolute atomic E-state index is 11.7. The van der Waals surface area contributed by atoms with Crippen molar-refractivity contribution in [3.63, 3.8) is 0 Å². The zero-order valence-electron chi connectivity index (χ0n) is 10.0. The highest BCUT2D eigenvalue weighted by Crippen LogP contribution is 2.59. The Morgan fingerprint density at radius 2 is 2.44 bits per heavy atom. The van der Waals surface area contributed by atoms with Gasteiger partial charge < -0.3 is 9.64 Å². The molecule has 18 heavy (non-hydrogen) atoms. The highest BCUT2D eigenvalue weighted by Gasteiger charge is 2.66. The second-order valence-electron chi connectivity index (χ2n) is 5.36. The molecule has 94 valence electrons. The molecule has 2 fully saturated rings. The van der Waals surface area contributed by atoms with E-state index >= 15 is 0 Å². The first-order valence-electron chi connectivity index (χ1n) is 6.24. The predicted octanol–water partition coefficient (Wildman–Crippen LogP) is 1.97. The normalized spacial score (nSPS) is 35.3. The second kappa shape index (κ2) is 3.18. The van der Waals surface area contributed by atoms with Gasteiger partial charge in [0.2, 0.25) is 11.8 Å². The van der Waals surface area contributed by atoms with E-state index in [9.17, 15) is 4.79 Å². The van der Waals surface area contributed by atoms with E-state index < -0.39 is 0 Å². The van der Waals surface area contributed by atoms with Gasteiger partial charge in [-0.2, -0.15) is 0 Å². The first-order valence-corrected chi connectivity index (χ1v) is 6.62. The van der Waals surface area contributed by atoms with E-state index in [1.54, 1.807) is 13.0 Å². The van der Waals surface area contributed by atoms with Crippen LogP contribution in [-0.2, 0) is 4.79 Å². The number of carbonyl (C=O) groups excluding carboxylic acids is 1. The molecule has 1 saturated carbocycles. The van der Waals surface area contributed by atoms with Crippen LogP contribution in [0.4, 0.5) is 0 Å². The van der Waals surface area contributed by atoms with Gasteiger partial charge in [-0.05, 0) is 18.9 Å². The van der Waals surface area contributed by atoms with Gasteiger partial charge in [0.25, 0.3) is 0 Å². The third kappa shape index (κ3) is 1.08. The summed E-state index contributed by atoms with van der Waals surface area (Å²) in [6, 6.07) is 4.00. The molecule has 4 rings (SSSR count). The molecule has 1 amide bonds. The maximum atomic E-state index is 11.7. The number of rotatable bonds is 0. The topological polar surface area (TPSA) is 42.4 Å². The minimum atomic E-state index is -0.217. The largest absolute Gasteiger partial charge is 0.468 e. The lowest BCUT2D eigenvalue weighted by atomic mass is 9.69. The second-order valence-corrected chi connectivity index (χ2v) is 5.75. The van der Waals surface area contributed by atoms with Crippen LogP contribution in [-0.4, -0.2) is 34.0 Å². The Bertz CT molecular complexity index is 562. The fourth-order valence-electron chi connectivity index (χ4n) is 3.72. The smallest absolute Gasteiger partial charge is 0.219 e. The average molecular weight is 265 g/mol. The zero-order valence-corrected chi connectivity index (χ0v) is 10.8. The molecule has 1 aromatic rings. The summed E-state index contributed by atoms with van der Waals surface area (Å²) in [4.78, 5) is 17.9. The number of ether oxygens (including phenoxy) is 1. The fourth-order valence-corrected chi connectivity index (χ4v) is 3.86. The number of aromatic nitrogens is 1. The van der Waals surface area contributed by atoms with E-state index in [0.29, 0.717) is 11.0 Å². The third-order valence-corrected chi connectivity index (χ3v) is 4.85. The van der Waals surface area contributed by atoms with Crippen molar-refractivity contribution in [3.05, 3.63) is 22.8 Å². The van der Waals surface area contributed by atoms with Crippen molar-refractivity contribution in [2.45, 2.75) is 37.3 Å². The van der Waals surface area contributed by atoms with Crippen molar-refractivity contribution < 1.29 is 9.53 Å². The highest BCUT2D eigenvalue weighted by molar-refractivity contribution is 6.29. The van der Waals surface area contributed by atoms with Crippen molar-refractivity contribution in [2.24, 2.45) is 0 Å². The van der Waals surface area contributed by atoms with Crippen LogP contribution in [0.25, 0.3) is 0 Å². The molecule has 0 bridgehead atoms. The quantitative estimate of drug-likeness (QED) is 0.673. The molecular weight excluding hydrogens is 252 g/mol. The molecule has 4 nitrogen and oxygen atoms in total. The molecular formula is C13H13ClN2O2. The summed E-state index contributed by atoms with van der Waals surface area (Å²) >= 11 is 5.90. The number of fused-ring (bicyclic) bond motifs is 2. The number of pyridine rings is 1. The lowest BCUT2D eigenvalue weighted by molar-refractivity contribution is -0.135. The lowest BCUT2D eigenvalue weighted by Crippen LogP contribution is -2.58. The summed E-state index contributed by atoms with van der Waals surface area (Å²) in [7, 11) is 0. The van der Waals surface area contributed by atoms with Gasteiger partial charge in [-0.25, -0.2) is 4.98 Å². The third-order valence-electron chi connectivity index (χ3n) is 4.64. The van der Waals surface area contributed by atoms with Gasteiger partial charge in [0.1, 0.15) is 10.8 Å². The molecule has 0 unspecified atom stereocenters. The molecule has 1 spiro atoms. The SMILES string of the molecule is CC(=O)N1C[C@H]2c3ccc(Cl)nc3O[C@]23CC[C@H]13. The first kappa shape index (κ1) is 10.6. The first-order chi connectivity index (χ1) is 8.62. The standard InChI is InChI=1S/C13H13ClN2O2/c1-7(17)16-6-9-8-2-3-11(14)15-12(8)18-13(9)5-4-10(13)16/h2-3,9-10H,4-6H2,1H3/t9-,10-,13+/m0/s1. The molecule has 1 saturated heterocycles. The molecule has 0 radical (unpaired) electrons. The number of halogens is 1. The number of likely N-dealkylation sites (tertiary alicyclic amines) is 1. The molecule has 3 aliphatic rings. The number of hydrogen-bond donors (Lipinski definition) is 0. The van der Waals surface area contributed by atoms with E-state index in [1.807, 2.05) is 11.0 Å². The average Bonchev–Trinajstić information content (AvgIpc) is 2.72. The van der Waals surface area contributed by atoms with Crippen LogP contribution in [0, 0.1) is 0 Å². The molecule has 3 heterocycles. The molecule has 5 heteroatoms. The Balaban J connectivity index is 1.79. The van der Waals surface area contributed by atoms with E-state index in [4.69, 9.17) is 16.3 Å². The van der Waals surface area contributed by atoms with Gasteiger partial charge in [0, 0.05) is 24.9 Å². The highest BCUT2D eigenvalue weighted by atomic mass is 35.5. The van der Waals surface area contributed by atoms with Crippen molar-refractivity contribution in [2.75, 3.05) is 6.54 Å². The molecule has 1 aliphatic carbocycles. The van der Waals surface area contributed by atoms with Gasteiger partial charge >= 0.3 is 0 Å². The fraction of sp³-hybridized carbons (Fsp3) is 0.538. The predicted molar refractivity (Wildman–Crippen MR) is 65.8 cm³/mol. The van der Waals surface area contributed by atoms with Gasteiger partial charge in [-0.3, -0.25) is 4.79 Å². The minimum Gasteiger partial charge on any atom is -0.468 e. The van der Waals surface area contributed by atoms with Gasteiger partial charge in [0.05, 0.1) is 6.04 Å². The van der Waals surface area contributed by atoms with E-state index in [-0.39, 0.29) is 23.5 Å². The maximum Gasteiger partial charge on any atom is 0.219 e. The summed E-state index contributed by atoms with van der Waals surface area (Å²) in [6.07, 6.45) is 2.03. The van der Waals surface area contributed by atoms with Crippen LogP contribution >= 0.6 is 11.6 Å². The summed E-state index contributed by atoms with van der Waals surface area (Å²) in [5, 5.41) is 0.462. The summed E-state index contributed by atoms with van der Waals surface area (Å²) < 4.78 is 6.09. The number of hydrogen-bond acceptors (Lipinski definition) is 3. The van der Waals surface area contributed by atoms with E-state index in [1.165, 1.54) is 0 Å². The van der Waals surface area contributed by atoms with Crippen molar-refractivity contribution in [1.29, 1.82) is 0 Å². The van der Waals surface area contributed by atoms with Gasteiger partial charge in [-0.1, -0.05) is 17.7 Å². The Morgan fingerprint density at radius 3 is 3.11 bits per heavy atom. The summed E-state index contributed by atoms with van der Waals surface area (Å²) in [5.74, 6) is 1.07. The monoisotopic (exact) mass is 264 g/mol. The summed E-state index contributed by atoms with van der Waals surface area (Å²) in [5.41, 5.74) is 0.888. The Hall–Kier alpha value is -1.29. The van der Waals surface area contributed by atoms with Crippen LogP contribution < -0.4 is 4.74 Å². The Labute approximate surface area is 110 Å². The van der Waals surface area contributed by atoms with Crippen LogP contribution in [0.5, 0.6) is 5.88 Å². The van der Waals surface area contributed by atoms with Gasteiger partial charge in [0.15, 0.2) is 0 Å². The zero-order chi connectivity index (χ0) is 12.5. The molecule has 3 atom stereocenters. The Morgan fingerprint density at radius 1 is 1.61 bits per heavy atom. The van der Waals surface area contributed by atoms with Crippen molar-refractivity contribution in [3.8, 4) is 5.88 Å². The summed E-state index contributed by atoms with van der Waals surface area (Å²) in [6.45, 7) is 2.38. The number of amides is 1. The molecule has 0 aromatic carbocycles. The van der Waals surface area contributed by atoms with Gasteiger partial charge in [-0.15, -0.1) is 0 Å². The molecule has 2 aliphatic heterocycles. The molecule has 0 N–H and O–H groups in total. The number of carbonyl (C=O) groups is 1. The van der Waals surface area contributed by atoms with E-state index in [0.717, 1.165) is 24.9 Å². The molecule has 1 aromatic heterocycles. The minimum absolute atomic E-state index is 0.139. The lowest BCUT2D eigenvalue weighted by Gasteiger charge is -2.45. The number of nitrogens with zero attached hydrogens (tertiary/aromatic N) is 2. The van der Waals surface area contributed by atoms with Crippen molar-refractivity contribution >= 4 is 17.5 Å². The van der Waals surface area contributed by atoms with Crippen LogP contribution in [0.15, 0.2) is 12.1 Å². The Kier molecular flexibility index (Phi) is 1.87. The van der Waals surface area contributed by atoms with E-state index in [2.05, 4.69) is 4.98 Å². The van der Waals surface area contributed by atoms with Crippen LogP contribution in [0.3, 0.4) is 0 Å². The van der Waals surface area contributed by atoms with Crippen molar-refractivity contribution in [1.82, 2.24) is 9.88 Å².